The molecular formula is C18H18ClN3OS. The van der Waals surface area contributed by atoms with Crippen molar-refractivity contribution in [2.45, 2.75) is 18.9 Å². The number of aliphatic imine (C=N–C) groups is 1. The Labute approximate surface area is 150 Å². The van der Waals surface area contributed by atoms with Crippen LogP contribution in [0.2, 0.25) is 5.02 Å². The molecule has 3 rings (SSSR count). The average Bonchev–Trinajstić information content (AvgIpc) is 2.57. The highest BCUT2D eigenvalue weighted by Gasteiger charge is 2.29. The molecule has 1 atom stereocenters. The largest absolute Gasteiger partial charge is 0.379 e. The van der Waals surface area contributed by atoms with Crippen LogP contribution in [0.3, 0.4) is 0 Å². The van der Waals surface area contributed by atoms with E-state index in [0.29, 0.717) is 21.4 Å². The van der Waals surface area contributed by atoms with E-state index in [0.717, 1.165) is 17.7 Å². The van der Waals surface area contributed by atoms with Gasteiger partial charge in [0.25, 0.3) is 5.91 Å². The molecule has 24 heavy (non-hydrogen) atoms. The number of hydrogen-bond donors (Lipinski definition) is 2. The number of halogens is 1. The SMILES string of the molecule is CC1(c2cccc(C(=O)Nc3ccc(Cl)cc3)c2)CCSC(N)=N1. The third kappa shape index (κ3) is 3.74. The van der Waals surface area contributed by atoms with Crippen LogP contribution in [0.15, 0.2) is 53.5 Å². The predicted molar refractivity (Wildman–Crippen MR) is 102 cm³/mol. The summed E-state index contributed by atoms with van der Waals surface area (Å²) in [4.78, 5) is 17.1. The molecule has 124 valence electrons. The molecule has 1 unspecified atom stereocenters. The molecule has 6 heteroatoms. The zero-order valence-corrected chi connectivity index (χ0v) is 14.8. The van der Waals surface area contributed by atoms with Crippen molar-refractivity contribution in [2.75, 3.05) is 11.1 Å². The molecule has 1 aliphatic heterocycles. The number of carbonyl (C=O) groups is 1. The normalized spacial score (nSPS) is 20.3. The van der Waals surface area contributed by atoms with E-state index >= 15 is 0 Å². The summed E-state index contributed by atoms with van der Waals surface area (Å²) in [6.07, 6.45) is 0.890. The first-order chi connectivity index (χ1) is 11.5. The van der Waals surface area contributed by atoms with Gasteiger partial charge in [0, 0.05) is 22.0 Å². The Morgan fingerprint density at radius 3 is 2.75 bits per heavy atom. The molecule has 2 aromatic carbocycles. The molecule has 0 radical (unpaired) electrons. The van der Waals surface area contributed by atoms with Crippen molar-refractivity contribution in [3.8, 4) is 0 Å². The van der Waals surface area contributed by atoms with Gasteiger partial charge in [0.15, 0.2) is 5.17 Å². The number of hydrogen-bond acceptors (Lipinski definition) is 4. The second-order valence-corrected chi connectivity index (χ2v) is 7.42. The van der Waals surface area contributed by atoms with Crippen molar-refractivity contribution < 1.29 is 4.79 Å². The Kier molecular flexibility index (Phi) is 4.83. The van der Waals surface area contributed by atoms with E-state index in [2.05, 4.69) is 17.2 Å². The first-order valence-corrected chi connectivity index (χ1v) is 8.98. The van der Waals surface area contributed by atoms with Crippen LogP contribution in [0, 0.1) is 0 Å². The Morgan fingerprint density at radius 2 is 2.04 bits per heavy atom. The Balaban J connectivity index is 1.83. The maximum Gasteiger partial charge on any atom is 0.255 e. The van der Waals surface area contributed by atoms with Gasteiger partial charge in [-0.3, -0.25) is 9.79 Å². The number of rotatable bonds is 3. The van der Waals surface area contributed by atoms with Gasteiger partial charge in [-0.1, -0.05) is 35.5 Å². The molecule has 0 saturated carbocycles. The molecule has 2 aromatic rings. The van der Waals surface area contributed by atoms with Gasteiger partial charge >= 0.3 is 0 Å². The van der Waals surface area contributed by atoms with Gasteiger partial charge in [0.05, 0.1) is 5.54 Å². The number of nitrogens with zero attached hydrogens (tertiary/aromatic N) is 1. The van der Waals surface area contributed by atoms with Crippen molar-refractivity contribution in [3.05, 3.63) is 64.7 Å². The fourth-order valence-electron chi connectivity index (χ4n) is 2.63. The van der Waals surface area contributed by atoms with E-state index in [1.165, 1.54) is 0 Å². The second-order valence-electron chi connectivity index (χ2n) is 5.86. The van der Waals surface area contributed by atoms with E-state index in [-0.39, 0.29) is 11.4 Å². The Morgan fingerprint density at radius 1 is 1.29 bits per heavy atom. The number of thioether (sulfide) groups is 1. The highest BCUT2D eigenvalue weighted by Crippen LogP contribution is 2.35. The van der Waals surface area contributed by atoms with Crippen LogP contribution < -0.4 is 11.1 Å². The summed E-state index contributed by atoms with van der Waals surface area (Å²) in [5, 5.41) is 4.10. The molecule has 0 spiro atoms. The molecule has 0 aromatic heterocycles. The summed E-state index contributed by atoms with van der Waals surface area (Å²) in [5.41, 5.74) is 7.79. The van der Waals surface area contributed by atoms with Gasteiger partial charge in [0.2, 0.25) is 0 Å². The summed E-state index contributed by atoms with van der Waals surface area (Å²) in [7, 11) is 0. The van der Waals surface area contributed by atoms with Gasteiger partial charge in [-0.2, -0.15) is 0 Å². The fraction of sp³-hybridized carbons (Fsp3) is 0.222. The lowest BCUT2D eigenvalue weighted by Gasteiger charge is -2.30. The van der Waals surface area contributed by atoms with Crippen LogP contribution in [-0.4, -0.2) is 16.8 Å². The van der Waals surface area contributed by atoms with Gasteiger partial charge in [-0.15, -0.1) is 0 Å². The number of benzene rings is 2. The van der Waals surface area contributed by atoms with Crippen molar-refractivity contribution in [2.24, 2.45) is 10.7 Å². The molecule has 0 aliphatic carbocycles. The first-order valence-electron chi connectivity index (χ1n) is 7.62. The zero-order valence-electron chi connectivity index (χ0n) is 13.3. The summed E-state index contributed by atoms with van der Waals surface area (Å²) < 4.78 is 0. The number of anilines is 1. The third-order valence-corrected chi connectivity index (χ3v) is 5.09. The third-order valence-electron chi connectivity index (χ3n) is 4.04. The highest BCUT2D eigenvalue weighted by atomic mass is 35.5. The van der Waals surface area contributed by atoms with E-state index in [1.807, 2.05) is 18.2 Å². The lowest BCUT2D eigenvalue weighted by atomic mass is 9.88. The lowest BCUT2D eigenvalue weighted by Crippen LogP contribution is -2.29. The van der Waals surface area contributed by atoms with Gasteiger partial charge in [0.1, 0.15) is 0 Å². The quantitative estimate of drug-likeness (QED) is 0.860. The monoisotopic (exact) mass is 359 g/mol. The Bertz CT molecular complexity index is 791. The minimum Gasteiger partial charge on any atom is -0.379 e. The molecule has 1 amide bonds. The van der Waals surface area contributed by atoms with Crippen molar-refractivity contribution in [1.82, 2.24) is 0 Å². The number of carbonyl (C=O) groups excluding carboxylic acids is 1. The van der Waals surface area contributed by atoms with E-state index in [9.17, 15) is 4.79 Å². The van der Waals surface area contributed by atoms with Crippen LogP contribution in [-0.2, 0) is 5.54 Å². The minimum atomic E-state index is -0.383. The average molecular weight is 360 g/mol. The molecule has 4 nitrogen and oxygen atoms in total. The standard InChI is InChI=1S/C18H18ClN3OS/c1-18(9-10-24-17(20)22-18)13-4-2-3-12(11-13)16(23)21-15-7-5-14(19)6-8-15/h2-8,11H,9-10H2,1H3,(H2,20,22)(H,21,23). The smallest absolute Gasteiger partial charge is 0.255 e. The summed E-state index contributed by atoms with van der Waals surface area (Å²) in [6, 6.07) is 14.6. The van der Waals surface area contributed by atoms with Crippen LogP contribution in [0.4, 0.5) is 5.69 Å². The number of nitrogens with one attached hydrogen (secondary N) is 1. The molecule has 1 heterocycles. The zero-order chi connectivity index (χ0) is 17.2. The van der Waals surface area contributed by atoms with E-state index in [4.69, 9.17) is 17.3 Å². The van der Waals surface area contributed by atoms with Crippen molar-refractivity contribution >= 4 is 40.1 Å². The van der Waals surface area contributed by atoms with Gasteiger partial charge in [-0.25, -0.2) is 0 Å². The lowest BCUT2D eigenvalue weighted by molar-refractivity contribution is 0.102. The van der Waals surface area contributed by atoms with E-state index in [1.54, 1.807) is 42.1 Å². The maximum atomic E-state index is 12.5. The van der Waals surface area contributed by atoms with Gasteiger partial charge in [-0.05, 0) is 55.3 Å². The number of amidine groups is 1. The predicted octanol–water partition coefficient (Wildman–Crippen LogP) is 4.26. The van der Waals surface area contributed by atoms with Crippen LogP contribution in [0.5, 0.6) is 0 Å². The second kappa shape index (κ2) is 6.87. The number of amides is 1. The van der Waals surface area contributed by atoms with Crippen LogP contribution in [0.1, 0.15) is 29.3 Å². The summed E-state index contributed by atoms with van der Waals surface area (Å²) >= 11 is 7.43. The molecule has 1 aliphatic rings. The molecule has 0 bridgehead atoms. The summed E-state index contributed by atoms with van der Waals surface area (Å²) in [5.74, 6) is 0.762. The van der Waals surface area contributed by atoms with Crippen LogP contribution >= 0.6 is 23.4 Å². The van der Waals surface area contributed by atoms with E-state index < -0.39 is 0 Å². The van der Waals surface area contributed by atoms with Gasteiger partial charge < -0.3 is 11.1 Å². The summed E-state index contributed by atoms with van der Waals surface area (Å²) in [6.45, 7) is 2.05. The van der Waals surface area contributed by atoms with Crippen LogP contribution in [0.25, 0.3) is 0 Å². The molecule has 0 saturated heterocycles. The topological polar surface area (TPSA) is 67.5 Å². The maximum absolute atomic E-state index is 12.5. The fourth-order valence-corrected chi connectivity index (χ4v) is 3.73. The molecular weight excluding hydrogens is 342 g/mol. The van der Waals surface area contributed by atoms with Crippen molar-refractivity contribution in [1.29, 1.82) is 0 Å². The minimum absolute atomic E-state index is 0.162. The molecule has 0 fully saturated rings. The first kappa shape index (κ1) is 16.9. The number of nitrogens with two attached hydrogens (primary N) is 1. The molecule has 3 N–H and O–H groups in total. The Hall–Kier alpha value is -1.98. The highest BCUT2D eigenvalue weighted by molar-refractivity contribution is 8.13. The van der Waals surface area contributed by atoms with Crippen molar-refractivity contribution in [3.63, 3.8) is 0 Å².